The van der Waals surface area contributed by atoms with Crippen molar-refractivity contribution in [2.45, 2.75) is 12.5 Å². The molecule has 3 N–H and O–H groups in total. The highest BCUT2D eigenvalue weighted by Gasteiger charge is 2.27. The molecular weight excluding hydrogens is 300 g/mol. The van der Waals surface area contributed by atoms with Crippen molar-refractivity contribution in [3.05, 3.63) is 47.9 Å². The number of carbonyl (C=O) groups is 2. The molecule has 1 unspecified atom stereocenters. The predicted molar refractivity (Wildman–Crippen MR) is 87.6 cm³/mol. The Morgan fingerprint density at radius 3 is 2.68 bits per heavy atom. The normalized spacial score (nSPS) is 13.4. The predicted octanol–water partition coefficient (Wildman–Crippen LogP) is 1.53. The average Bonchev–Trinajstić information content (AvgIpc) is 2.95. The minimum Gasteiger partial charge on any atom is -0.383 e. The number of fused-ring (bicyclic) bond motifs is 1. The monoisotopic (exact) mass is 318 g/mol. The van der Waals surface area contributed by atoms with E-state index in [0.29, 0.717) is 0 Å². The van der Waals surface area contributed by atoms with Gasteiger partial charge in [-0.05, 0) is 24.4 Å². The third-order valence-electron chi connectivity index (χ3n) is 3.16. The number of thiophene rings is 1. The van der Waals surface area contributed by atoms with Gasteiger partial charge in [-0.3, -0.25) is 9.59 Å². The second kappa shape index (κ2) is 6.72. The van der Waals surface area contributed by atoms with Crippen LogP contribution in [0.4, 0.5) is 0 Å². The Balaban J connectivity index is 2.02. The first kappa shape index (κ1) is 16.2. The lowest BCUT2D eigenvalue weighted by molar-refractivity contribution is -0.139. The van der Waals surface area contributed by atoms with Gasteiger partial charge in [0, 0.05) is 16.1 Å². The first-order valence-electron chi connectivity index (χ1n) is 6.82. The summed E-state index contributed by atoms with van der Waals surface area (Å²) in [5.41, 5.74) is -1.24. The van der Waals surface area contributed by atoms with Gasteiger partial charge in [-0.1, -0.05) is 24.3 Å². The Kier molecular flexibility index (Phi) is 4.95. The molecule has 0 radical (unpaired) electrons. The standard InChI is InChI=1S/C16H18N2O3S/c1-3-8-17-14(19)15(20)18-10-16(2,21)13-9-11-6-4-5-7-12(11)22-13/h3-7,9,21H,1,8,10H2,2H3,(H,17,19)(H,18,20). The second-order valence-electron chi connectivity index (χ2n) is 5.10. The molecule has 0 aliphatic carbocycles. The van der Waals surface area contributed by atoms with E-state index in [1.807, 2.05) is 30.3 Å². The minimum atomic E-state index is -1.24. The smallest absolute Gasteiger partial charge is 0.309 e. The molecule has 0 spiro atoms. The van der Waals surface area contributed by atoms with E-state index >= 15 is 0 Å². The molecule has 2 rings (SSSR count). The third kappa shape index (κ3) is 3.72. The quantitative estimate of drug-likeness (QED) is 0.578. The van der Waals surface area contributed by atoms with Crippen molar-refractivity contribution in [2.24, 2.45) is 0 Å². The maximum absolute atomic E-state index is 11.6. The van der Waals surface area contributed by atoms with Gasteiger partial charge in [0.25, 0.3) is 0 Å². The first-order valence-corrected chi connectivity index (χ1v) is 7.64. The van der Waals surface area contributed by atoms with Crippen molar-refractivity contribution >= 4 is 33.2 Å². The van der Waals surface area contributed by atoms with Crippen LogP contribution in [-0.4, -0.2) is 30.0 Å². The van der Waals surface area contributed by atoms with E-state index in [9.17, 15) is 14.7 Å². The lowest BCUT2D eigenvalue weighted by atomic mass is 10.0. The second-order valence-corrected chi connectivity index (χ2v) is 6.19. The highest BCUT2D eigenvalue weighted by Crippen LogP contribution is 2.32. The van der Waals surface area contributed by atoms with E-state index in [2.05, 4.69) is 17.2 Å². The summed E-state index contributed by atoms with van der Waals surface area (Å²) < 4.78 is 1.06. The SMILES string of the molecule is C=CCNC(=O)C(=O)NCC(C)(O)c1cc2ccccc2s1. The number of hydrogen-bond donors (Lipinski definition) is 3. The summed E-state index contributed by atoms with van der Waals surface area (Å²) in [4.78, 5) is 23.8. The fourth-order valence-corrected chi connectivity index (χ4v) is 3.02. The zero-order valence-electron chi connectivity index (χ0n) is 12.3. The molecule has 0 saturated carbocycles. The Morgan fingerprint density at radius 2 is 2.00 bits per heavy atom. The van der Waals surface area contributed by atoms with Gasteiger partial charge in [-0.2, -0.15) is 0 Å². The Morgan fingerprint density at radius 1 is 1.32 bits per heavy atom. The summed E-state index contributed by atoms with van der Waals surface area (Å²) in [6, 6.07) is 9.69. The number of hydrogen-bond acceptors (Lipinski definition) is 4. The Hall–Kier alpha value is -2.18. The van der Waals surface area contributed by atoms with Gasteiger partial charge in [-0.15, -0.1) is 17.9 Å². The lowest BCUT2D eigenvalue weighted by Crippen LogP contribution is -2.45. The molecule has 1 atom stereocenters. The number of benzene rings is 1. The van der Waals surface area contributed by atoms with Crippen LogP contribution < -0.4 is 10.6 Å². The molecule has 116 valence electrons. The van der Waals surface area contributed by atoms with E-state index in [-0.39, 0.29) is 13.1 Å². The fraction of sp³-hybridized carbons (Fsp3) is 0.250. The molecule has 2 amide bonds. The van der Waals surface area contributed by atoms with Gasteiger partial charge in [-0.25, -0.2) is 0 Å². The summed E-state index contributed by atoms with van der Waals surface area (Å²) in [6.07, 6.45) is 1.48. The maximum Gasteiger partial charge on any atom is 0.309 e. The van der Waals surface area contributed by atoms with Gasteiger partial charge in [0.1, 0.15) is 5.60 Å². The van der Waals surface area contributed by atoms with Crippen LogP contribution in [0.1, 0.15) is 11.8 Å². The number of amides is 2. The molecule has 1 aromatic heterocycles. The maximum atomic E-state index is 11.6. The minimum absolute atomic E-state index is 0.0415. The summed E-state index contributed by atoms with van der Waals surface area (Å²) in [5, 5.41) is 16.4. The molecule has 2 aromatic rings. The van der Waals surface area contributed by atoms with Crippen molar-refractivity contribution in [2.75, 3.05) is 13.1 Å². The van der Waals surface area contributed by atoms with Crippen molar-refractivity contribution in [1.82, 2.24) is 10.6 Å². The molecule has 0 saturated heterocycles. The van der Waals surface area contributed by atoms with E-state index in [0.717, 1.165) is 15.0 Å². The fourth-order valence-electron chi connectivity index (χ4n) is 1.91. The van der Waals surface area contributed by atoms with Gasteiger partial charge in [0.05, 0.1) is 6.54 Å². The summed E-state index contributed by atoms with van der Waals surface area (Å²) >= 11 is 1.46. The number of rotatable bonds is 5. The van der Waals surface area contributed by atoms with Crippen LogP contribution in [0.3, 0.4) is 0 Å². The van der Waals surface area contributed by atoms with E-state index in [1.54, 1.807) is 6.92 Å². The average molecular weight is 318 g/mol. The largest absolute Gasteiger partial charge is 0.383 e. The van der Waals surface area contributed by atoms with Crippen molar-refractivity contribution in [1.29, 1.82) is 0 Å². The molecule has 5 nitrogen and oxygen atoms in total. The van der Waals surface area contributed by atoms with Gasteiger partial charge in [0.15, 0.2) is 0 Å². The highest BCUT2D eigenvalue weighted by molar-refractivity contribution is 7.19. The van der Waals surface area contributed by atoms with Crippen molar-refractivity contribution in [3.8, 4) is 0 Å². The molecule has 0 aliphatic heterocycles. The van der Waals surface area contributed by atoms with Crippen LogP contribution in [0.15, 0.2) is 43.0 Å². The van der Waals surface area contributed by atoms with Crippen LogP contribution in [0, 0.1) is 0 Å². The lowest BCUT2D eigenvalue weighted by Gasteiger charge is -2.22. The van der Waals surface area contributed by atoms with Gasteiger partial charge < -0.3 is 15.7 Å². The Labute approximate surface area is 132 Å². The Bertz CT molecular complexity index is 673. The molecule has 1 aromatic carbocycles. The molecule has 6 heteroatoms. The summed E-state index contributed by atoms with van der Waals surface area (Å²) in [7, 11) is 0. The van der Waals surface area contributed by atoms with Gasteiger partial charge >= 0.3 is 11.8 Å². The zero-order chi connectivity index (χ0) is 16.2. The van der Waals surface area contributed by atoms with E-state index in [4.69, 9.17) is 0 Å². The summed E-state index contributed by atoms with van der Waals surface area (Å²) in [6.45, 7) is 5.24. The van der Waals surface area contributed by atoms with Crippen LogP contribution in [0.25, 0.3) is 10.1 Å². The van der Waals surface area contributed by atoms with Crippen LogP contribution in [0.2, 0.25) is 0 Å². The molecule has 1 heterocycles. The molecular formula is C16H18N2O3S. The first-order chi connectivity index (χ1) is 10.4. The highest BCUT2D eigenvalue weighted by atomic mass is 32.1. The van der Waals surface area contributed by atoms with Crippen molar-refractivity contribution in [3.63, 3.8) is 0 Å². The number of aliphatic hydroxyl groups is 1. The molecule has 0 aliphatic rings. The number of carbonyl (C=O) groups excluding carboxylic acids is 2. The molecule has 22 heavy (non-hydrogen) atoms. The van der Waals surface area contributed by atoms with E-state index in [1.165, 1.54) is 17.4 Å². The molecule has 0 bridgehead atoms. The van der Waals surface area contributed by atoms with Gasteiger partial charge in [0.2, 0.25) is 0 Å². The summed E-state index contributed by atoms with van der Waals surface area (Å²) in [5.74, 6) is -1.52. The topological polar surface area (TPSA) is 78.4 Å². The van der Waals surface area contributed by atoms with Crippen LogP contribution in [0.5, 0.6) is 0 Å². The number of nitrogens with one attached hydrogen (secondary N) is 2. The van der Waals surface area contributed by atoms with Crippen molar-refractivity contribution < 1.29 is 14.7 Å². The molecule has 0 fully saturated rings. The zero-order valence-corrected chi connectivity index (χ0v) is 13.1. The van der Waals surface area contributed by atoms with Crippen LogP contribution >= 0.6 is 11.3 Å². The van der Waals surface area contributed by atoms with E-state index < -0.39 is 17.4 Å². The van der Waals surface area contributed by atoms with Crippen LogP contribution in [-0.2, 0) is 15.2 Å². The third-order valence-corrected chi connectivity index (χ3v) is 4.53.